The molecular weight excluding hydrogens is 472 g/mol. The predicted octanol–water partition coefficient (Wildman–Crippen LogP) is 3.64. The molecule has 0 spiro atoms. The minimum Gasteiger partial charge on any atom is -0.491 e. The summed E-state index contributed by atoms with van der Waals surface area (Å²) in [4.78, 5) is 34.6. The van der Waals surface area contributed by atoms with Crippen LogP contribution in [0, 0.1) is 5.92 Å². The highest BCUT2D eigenvalue weighted by Gasteiger charge is 2.24. The molecule has 194 valence electrons. The number of nitrogens with zero attached hydrogens (tertiary/aromatic N) is 5. The summed E-state index contributed by atoms with van der Waals surface area (Å²) in [6.45, 7) is 9.54. The topological polar surface area (TPSA) is 140 Å². The number of rotatable bonds is 10. The monoisotopic (exact) mass is 504 g/mol. The molecule has 1 aliphatic heterocycles. The summed E-state index contributed by atoms with van der Waals surface area (Å²) >= 11 is 0. The Hall–Kier alpha value is -4.41. The number of nitrogens with one attached hydrogen (secondary N) is 2. The van der Waals surface area contributed by atoms with Gasteiger partial charge in [-0.25, -0.2) is 4.98 Å². The fourth-order valence-corrected chi connectivity index (χ4v) is 4.03. The van der Waals surface area contributed by atoms with Gasteiger partial charge in [-0.15, -0.1) is 0 Å². The Morgan fingerprint density at radius 1 is 1.27 bits per heavy atom. The second kappa shape index (κ2) is 11.5. The van der Waals surface area contributed by atoms with Crippen LogP contribution >= 0.6 is 0 Å². The average Bonchev–Trinajstić information content (AvgIpc) is 3.36. The maximum atomic E-state index is 12.1. The smallest absolute Gasteiger partial charge is 0.254 e. The van der Waals surface area contributed by atoms with Crippen molar-refractivity contribution in [3.63, 3.8) is 0 Å². The Morgan fingerprint density at radius 3 is 2.84 bits per heavy atom. The van der Waals surface area contributed by atoms with Gasteiger partial charge in [0, 0.05) is 25.5 Å². The van der Waals surface area contributed by atoms with E-state index in [0.717, 1.165) is 19.4 Å². The summed E-state index contributed by atoms with van der Waals surface area (Å²) in [5.41, 5.74) is 7.05. The van der Waals surface area contributed by atoms with Crippen molar-refractivity contribution in [1.82, 2.24) is 24.6 Å². The van der Waals surface area contributed by atoms with E-state index in [1.807, 2.05) is 35.1 Å². The SMILES string of the molecule is C=CC(=O)N1CCCC(n2cc(Nc3ncc(C(N)=O)c(Nc4ccccc4OCC(C)C)n3)cn2)C1. The number of hydrogen-bond acceptors (Lipinski definition) is 8. The largest absolute Gasteiger partial charge is 0.491 e. The summed E-state index contributed by atoms with van der Waals surface area (Å²) in [6.07, 6.45) is 8.04. The molecule has 1 saturated heterocycles. The fourth-order valence-electron chi connectivity index (χ4n) is 4.03. The van der Waals surface area contributed by atoms with E-state index in [4.69, 9.17) is 10.5 Å². The molecule has 3 heterocycles. The van der Waals surface area contributed by atoms with E-state index in [9.17, 15) is 9.59 Å². The number of ether oxygens (including phenoxy) is 1. The number of aromatic nitrogens is 4. The van der Waals surface area contributed by atoms with Gasteiger partial charge in [-0.3, -0.25) is 14.3 Å². The Bertz CT molecular complexity index is 1270. The van der Waals surface area contributed by atoms with Crippen molar-refractivity contribution < 1.29 is 14.3 Å². The third kappa shape index (κ3) is 6.43. The van der Waals surface area contributed by atoms with Crippen molar-refractivity contribution in [3.8, 4) is 5.75 Å². The molecule has 1 atom stereocenters. The van der Waals surface area contributed by atoms with Crippen molar-refractivity contribution in [3.05, 3.63) is 61.1 Å². The molecule has 2 amide bonds. The Labute approximate surface area is 215 Å². The average molecular weight is 505 g/mol. The highest BCUT2D eigenvalue weighted by Crippen LogP contribution is 2.29. The first kappa shape index (κ1) is 25.7. The standard InChI is InChI=1S/C26H32N8O3/c1-4-23(35)33-11-7-8-19(15-33)34-14-18(12-29-34)30-26-28-13-20(24(27)36)25(32-26)31-21-9-5-6-10-22(21)37-16-17(2)3/h4-6,9-10,12-14,17,19H,1,7-8,11,15-16H2,2-3H3,(H2,27,36)(H2,28,30,31,32). The molecule has 3 aromatic rings. The maximum absolute atomic E-state index is 12.1. The first-order valence-electron chi connectivity index (χ1n) is 12.2. The molecule has 4 N–H and O–H groups in total. The lowest BCUT2D eigenvalue weighted by Gasteiger charge is -2.32. The zero-order valence-corrected chi connectivity index (χ0v) is 21.1. The van der Waals surface area contributed by atoms with Gasteiger partial charge in [0.05, 0.1) is 30.2 Å². The minimum atomic E-state index is -0.654. The van der Waals surface area contributed by atoms with Crippen LogP contribution in [0.4, 0.5) is 23.1 Å². The molecule has 0 radical (unpaired) electrons. The number of likely N-dealkylation sites (tertiary alicyclic amines) is 1. The zero-order chi connectivity index (χ0) is 26.4. The van der Waals surface area contributed by atoms with Crippen LogP contribution in [0.1, 0.15) is 43.1 Å². The number of para-hydroxylation sites is 2. The van der Waals surface area contributed by atoms with Gasteiger partial charge < -0.3 is 26.0 Å². The van der Waals surface area contributed by atoms with Crippen LogP contribution in [0.3, 0.4) is 0 Å². The van der Waals surface area contributed by atoms with Crippen LogP contribution in [0.15, 0.2) is 55.5 Å². The number of benzene rings is 1. The molecule has 1 unspecified atom stereocenters. The van der Waals surface area contributed by atoms with Gasteiger partial charge in [0.2, 0.25) is 11.9 Å². The fraction of sp³-hybridized carbons (Fsp3) is 0.346. The second-order valence-electron chi connectivity index (χ2n) is 9.26. The Morgan fingerprint density at radius 2 is 2.08 bits per heavy atom. The van der Waals surface area contributed by atoms with Gasteiger partial charge in [-0.2, -0.15) is 10.1 Å². The normalized spacial score (nSPS) is 15.3. The molecule has 4 rings (SSSR count). The Kier molecular flexibility index (Phi) is 8.02. The maximum Gasteiger partial charge on any atom is 0.254 e. The summed E-state index contributed by atoms with van der Waals surface area (Å²) < 4.78 is 7.75. The zero-order valence-electron chi connectivity index (χ0n) is 21.1. The van der Waals surface area contributed by atoms with Crippen LogP contribution in [0.2, 0.25) is 0 Å². The molecule has 0 saturated carbocycles. The molecule has 37 heavy (non-hydrogen) atoms. The summed E-state index contributed by atoms with van der Waals surface area (Å²) in [7, 11) is 0. The number of nitrogens with two attached hydrogens (primary N) is 1. The van der Waals surface area contributed by atoms with Crippen LogP contribution in [0.5, 0.6) is 5.75 Å². The lowest BCUT2D eigenvalue weighted by atomic mass is 10.1. The number of primary amides is 1. The predicted molar refractivity (Wildman–Crippen MR) is 141 cm³/mol. The van der Waals surface area contributed by atoms with Crippen LogP contribution in [-0.2, 0) is 4.79 Å². The molecule has 1 fully saturated rings. The highest BCUT2D eigenvalue weighted by molar-refractivity contribution is 5.98. The summed E-state index contributed by atoms with van der Waals surface area (Å²) in [5.74, 6) is 0.776. The van der Waals surface area contributed by atoms with Crippen LogP contribution in [0.25, 0.3) is 0 Å². The molecule has 11 nitrogen and oxygen atoms in total. The van der Waals surface area contributed by atoms with Crippen LogP contribution in [-0.4, -0.2) is 56.2 Å². The number of carbonyl (C=O) groups is 2. The number of piperidine rings is 1. The van der Waals surface area contributed by atoms with Crippen molar-refractivity contribution in [2.45, 2.75) is 32.7 Å². The first-order valence-corrected chi connectivity index (χ1v) is 12.2. The number of hydrogen-bond donors (Lipinski definition) is 3. The lowest BCUT2D eigenvalue weighted by molar-refractivity contribution is -0.127. The molecule has 11 heteroatoms. The van der Waals surface area contributed by atoms with E-state index in [-0.39, 0.29) is 29.3 Å². The number of amides is 2. The van der Waals surface area contributed by atoms with Gasteiger partial charge >= 0.3 is 0 Å². The Balaban J connectivity index is 1.52. The van der Waals surface area contributed by atoms with Crippen molar-refractivity contribution in [1.29, 1.82) is 0 Å². The van der Waals surface area contributed by atoms with Gasteiger partial charge in [0.1, 0.15) is 17.1 Å². The van der Waals surface area contributed by atoms with Crippen molar-refractivity contribution in [2.75, 3.05) is 30.3 Å². The highest BCUT2D eigenvalue weighted by atomic mass is 16.5. The molecular formula is C26H32N8O3. The summed E-state index contributed by atoms with van der Waals surface area (Å²) in [6, 6.07) is 7.48. The third-order valence-corrected chi connectivity index (χ3v) is 5.88. The molecule has 2 aromatic heterocycles. The van der Waals surface area contributed by atoms with Crippen LogP contribution < -0.4 is 21.1 Å². The molecule has 0 bridgehead atoms. The van der Waals surface area contributed by atoms with Gasteiger partial charge in [0.15, 0.2) is 0 Å². The van der Waals surface area contributed by atoms with E-state index in [0.29, 0.717) is 36.2 Å². The molecule has 1 aromatic carbocycles. The van der Waals surface area contributed by atoms with E-state index in [1.54, 1.807) is 11.1 Å². The summed E-state index contributed by atoms with van der Waals surface area (Å²) in [5, 5.41) is 10.8. The molecule has 1 aliphatic rings. The van der Waals surface area contributed by atoms with E-state index >= 15 is 0 Å². The van der Waals surface area contributed by atoms with E-state index in [2.05, 4.69) is 46.1 Å². The second-order valence-corrected chi connectivity index (χ2v) is 9.26. The lowest BCUT2D eigenvalue weighted by Crippen LogP contribution is -2.39. The molecule has 0 aliphatic carbocycles. The first-order chi connectivity index (χ1) is 17.8. The van der Waals surface area contributed by atoms with Gasteiger partial charge in [0.25, 0.3) is 5.91 Å². The van der Waals surface area contributed by atoms with Gasteiger partial charge in [-0.1, -0.05) is 32.6 Å². The minimum absolute atomic E-state index is 0.0610. The van der Waals surface area contributed by atoms with Crippen molar-refractivity contribution >= 4 is 35.0 Å². The van der Waals surface area contributed by atoms with Crippen molar-refractivity contribution in [2.24, 2.45) is 11.7 Å². The van der Waals surface area contributed by atoms with E-state index in [1.165, 1.54) is 12.3 Å². The third-order valence-electron chi connectivity index (χ3n) is 5.88. The number of anilines is 4. The quantitative estimate of drug-likeness (QED) is 0.356. The number of carbonyl (C=O) groups excluding carboxylic acids is 2. The van der Waals surface area contributed by atoms with E-state index < -0.39 is 5.91 Å². The van der Waals surface area contributed by atoms with Gasteiger partial charge in [-0.05, 0) is 37.0 Å².